The van der Waals surface area contributed by atoms with Crippen LogP contribution >= 0.6 is 0 Å². The molecule has 0 spiro atoms. The lowest BCUT2D eigenvalue weighted by Crippen LogP contribution is -2.27. The van der Waals surface area contributed by atoms with E-state index in [0.29, 0.717) is 11.3 Å². The zero-order valence-electron chi connectivity index (χ0n) is 27.6. The van der Waals surface area contributed by atoms with Crippen molar-refractivity contribution in [3.8, 4) is 0 Å². The molecule has 0 bridgehead atoms. The number of allylic oxidation sites excluding steroid dienone is 21. The molecule has 0 saturated heterocycles. The predicted molar refractivity (Wildman–Crippen MR) is 183 cm³/mol. The predicted octanol–water partition coefficient (Wildman–Crippen LogP) is 11.4. The van der Waals surface area contributed by atoms with Gasteiger partial charge in [0.1, 0.15) is 0 Å². The molecule has 1 N–H and O–H groups in total. The standard InChI is InChI=1S/C40H56O/c1-30(18-13-20-32(3)23-25-36-34(5)22-15-28-39(36,7)8)16-11-12-17-31(2)19-14-21-33(4)24-26-37-35(6)38(41)27-29-40(37,9)10/h11-14,16-26,36,38,41H,15,27-29H2,1-10H3. The molecule has 0 fully saturated rings. The van der Waals surface area contributed by atoms with Gasteiger partial charge in [-0.05, 0) is 89.2 Å². The summed E-state index contributed by atoms with van der Waals surface area (Å²) in [5.41, 5.74) is 9.19. The molecule has 0 aromatic rings. The Morgan fingerprint density at radius 3 is 1.80 bits per heavy atom. The molecule has 2 aliphatic rings. The van der Waals surface area contributed by atoms with E-state index in [1.165, 1.54) is 46.3 Å². The average Bonchev–Trinajstić information content (AvgIpc) is 2.88. The molecular weight excluding hydrogens is 496 g/mol. The monoisotopic (exact) mass is 552 g/mol. The summed E-state index contributed by atoms with van der Waals surface area (Å²) in [6.07, 6.45) is 36.7. The smallest absolute Gasteiger partial charge is 0.0753 e. The SMILES string of the molecule is CC(C=CC=C(C)C=CC1=C(C)C(O)CCC1(C)C)=CC=CC=C(C)C=CC=C(C)C=CC1C(C)=CCCC1(C)C. The van der Waals surface area contributed by atoms with Crippen LogP contribution in [0.25, 0.3) is 0 Å². The molecular formula is C40H56O. The van der Waals surface area contributed by atoms with Crippen molar-refractivity contribution in [1.82, 2.24) is 0 Å². The topological polar surface area (TPSA) is 20.2 Å². The minimum atomic E-state index is -0.308. The van der Waals surface area contributed by atoms with Crippen molar-refractivity contribution >= 4 is 0 Å². The fraction of sp³-hybridized carbons (Fsp3) is 0.450. The molecule has 2 atom stereocenters. The van der Waals surface area contributed by atoms with Crippen molar-refractivity contribution in [2.45, 2.75) is 101 Å². The van der Waals surface area contributed by atoms with Crippen LogP contribution in [0.3, 0.4) is 0 Å². The maximum absolute atomic E-state index is 10.3. The molecule has 0 radical (unpaired) electrons. The van der Waals surface area contributed by atoms with E-state index in [1.54, 1.807) is 0 Å². The van der Waals surface area contributed by atoms with Crippen LogP contribution in [0.1, 0.15) is 94.9 Å². The first-order chi connectivity index (χ1) is 19.2. The lowest BCUT2D eigenvalue weighted by molar-refractivity contribution is 0.163. The zero-order chi connectivity index (χ0) is 30.6. The van der Waals surface area contributed by atoms with Crippen molar-refractivity contribution in [1.29, 1.82) is 0 Å². The summed E-state index contributed by atoms with van der Waals surface area (Å²) in [5, 5.41) is 10.3. The third kappa shape index (κ3) is 11.5. The van der Waals surface area contributed by atoms with E-state index in [9.17, 15) is 5.11 Å². The molecule has 222 valence electrons. The van der Waals surface area contributed by atoms with Crippen LogP contribution in [0.2, 0.25) is 0 Å². The summed E-state index contributed by atoms with van der Waals surface area (Å²) in [7, 11) is 0. The Morgan fingerprint density at radius 2 is 1.24 bits per heavy atom. The van der Waals surface area contributed by atoms with Gasteiger partial charge < -0.3 is 5.11 Å². The molecule has 0 amide bonds. The Labute approximate surface area is 252 Å². The number of hydrogen-bond acceptors (Lipinski definition) is 1. The van der Waals surface area contributed by atoms with Crippen molar-refractivity contribution in [2.24, 2.45) is 16.7 Å². The highest BCUT2D eigenvalue weighted by molar-refractivity contribution is 5.39. The largest absolute Gasteiger partial charge is 0.389 e. The van der Waals surface area contributed by atoms with Gasteiger partial charge in [0.05, 0.1) is 6.10 Å². The van der Waals surface area contributed by atoms with E-state index < -0.39 is 0 Å². The van der Waals surface area contributed by atoms with Crippen molar-refractivity contribution in [2.75, 3.05) is 0 Å². The molecule has 41 heavy (non-hydrogen) atoms. The van der Waals surface area contributed by atoms with E-state index in [2.05, 4.69) is 160 Å². The molecule has 1 nitrogen and oxygen atoms in total. The average molecular weight is 553 g/mol. The molecule has 0 aromatic carbocycles. The summed E-state index contributed by atoms with van der Waals surface area (Å²) in [4.78, 5) is 0. The molecule has 2 rings (SSSR count). The molecule has 2 unspecified atom stereocenters. The van der Waals surface area contributed by atoms with Gasteiger partial charge in [-0.15, -0.1) is 0 Å². The fourth-order valence-corrected chi connectivity index (χ4v) is 5.70. The minimum Gasteiger partial charge on any atom is -0.389 e. The first kappa shape index (κ1) is 34.3. The first-order valence-electron chi connectivity index (χ1n) is 15.4. The molecule has 0 aromatic heterocycles. The number of aliphatic hydroxyl groups is 1. The summed E-state index contributed by atoms with van der Waals surface area (Å²) in [6.45, 7) is 22.2. The lowest BCUT2D eigenvalue weighted by Gasteiger charge is -2.36. The Hall–Kier alpha value is -2.90. The number of rotatable bonds is 10. The highest BCUT2D eigenvalue weighted by Gasteiger charge is 2.31. The van der Waals surface area contributed by atoms with Gasteiger partial charge in [-0.2, -0.15) is 0 Å². The van der Waals surface area contributed by atoms with Gasteiger partial charge in [0, 0.05) is 5.92 Å². The van der Waals surface area contributed by atoms with E-state index in [0.717, 1.165) is 18.4 Å². The summed E-state index contributed by atoms with van der Waals surface area (Å²) in [5.74, 6) is 0.524. The molecule has 1 heteroatoms. The number of aliphatic hydroxyl groups excluding tert-OH is 1. The van der Waals surface area contributed by atoms with Crippen LogP contribution in [0, 0.1) is 16.7 Å². The third-order valence-electron chi connectivity index (χ3n) is 8.61. The second-order valence-corrected chi connectivity index (χ2v) is 13.4. The van der Waals surface area contributed by atoms with Gasteiger partial charge >= 0.3 is 0 Å². The highest BCUT2D eigenvalue weighted by Crippen LogP contribution is 2.42. The Kier molecular flexibility index (Phi) is 13.3. The summed E-state index contributed by atoms with van der Waals surface area (Å²) >= 11 is 0. The normalized spacial score (nSPS) is 25.1. The Balaban J connectivity index is 1.89. The van der Waals surface area contributed by atoms with Gasteiger partial charge in [-0.1, -0.05) is 147 Å². The Morgan fingerprint density at radius 1 is 0.732 bits per heavy atom. The molecule has 0 aliphatic heterocycles. The van der Waals surface area contributed by atoms with Crippen molar-refractivity contribution in [3.05, 3.63) is 130 Å². The van der Waals surface area contributed by atoms with Crippen LogP contribution < -0.4 is 0 Å². The zero-order valence-corrected chi connectivity index (χ0v) is 27.6. The van der Waals surface area contributed by atoms with Crippen LogP contribution in [-0.4, -0.2) is 11.2 Å². The van der Waals surface area contributed by atoms with E-state index in [-0.39, 0.29) is 11.5 Å². The van der Waals surface area contributed by atoms with Crippen LogP contribution in [0.4, 0.5) is 0 Å². The van der Waals surface area contributed by atoms with Gasteiger partial charge in [0.15, 0.2) is 0 Å². The van der Waals surface area contributed by atoms with Crippen molar-refractivity contribution in [3.63, 3.8) is 0 Å². The van der Waals surface area contributed by atoms with Crippen LogP contribution in [0.15, 0.2) is 130 Å². The van der Waals surface area contributed by atoms with Crippen LogP contribution in [0.5, 0.6) is 0 Å². The summed E-state index contributed by atoms with van der Waals surface area (Å²) in [6, 6.07) is 0. The van der Waals surface area contributed by atoms with E-state index in [1.807, 2.05) is 0 Å². The number of hydrogen-bond donors (Lipinski definition) is 1. The Bertz CT molecular complexity index is 1240. The highest BCUT2D eigenvalue weighted by atomic mass is 16.3. The maximum Gasteiger partial charge on any atom is 0.0753 e. The van der Waals surface area contributed by atoms with Gasteiger partial charge in [0.25, 0.3) is 0 Å². The van der Waals surface area contributed by atoms with E-state index >= 15 is 0 Å². The fourth-order valence-electron chi connectivity index (χ4n) is 5.70. The maximum atomic E-state index is 10.3. The quantitative estimate of drug-likeness (QED) is 0.211. The van der Waals surface area contributed by atoms with E-state index in [4.69, 9.17) is 0 Å². The van der Waals surface area contributed by atoms with Gasteiger partial charge in [-0.25, -0.2) is 0 Å². The molecule has 0 heterocycles. The van der Waals surface area contributed by atoms with Crippen molar-refractivity contribution < 1.29 is 5.11 Å². The van der Waals surface area contributed by atoms with Crippen LogP contribution in [-0.2, 0) is 0 Å². The van der Waals surface area contributed by atoms with Gasteiger partial charge in [0.2, 0.25) is 0 Å². The third-order valence-corrected chi connectivity index (χ3v) is 8.61. The second-order valence-electron chi connectivity index (χ2n) is 13.4. The summed E-state index contributed by atoms with van der Waals surface area (Å²) < 4.78 is 0. The first-order valence-corrected chi connectivity index (χ1v) is 15.4. The lowest BCUT2D eigenvalue weighted by atomic mass is 9.68. The second kappa shape index (κ2) is 15.9. The minimum absolute atomic E-state index is 0.111. The molecule has 2 aliphatic carbocycles. The molecule has 0 saturated carbocycles. The van der Waals surface area contributed by atoms with Gasteiger partial charge in [-0.3, -0.25) is 0 Å².